The summed E-state index contributed by atoms with van der Waals surface area (Å²) in [6.45, 7) is 3.89. The molecule has 4 bridgehead atoms. The highest BCUT2D eigenvalue weighted by Gasteiger charge is 2.61. The van der Waals surface area contributed by atoms with Crippen molar-refractivity contribution in [1.82, 2.24) is 5.32 Å². The number of esters is 1. The minimum atomic E-state index is -0.549. The molecule has 4 atom stereocenters. The van der Waals surface area contributed by atoms with Crippen molar-refractivity contribution in [3.05, 3.63) is 65.2 Å². The third-order valence-corrected chi connectivity index (χ3v) is 9.58. The van der Waals surface area contributed by atoms with Crippen molar-refractivity contribution in [2.45, 2.75) is 69.1 Å². The van der Waals surface area contributed by atoms with Crippen LogP contribution in [0.2, 0.25) is 0 Å². The Hall–Kier alpha value is -2.60. The average molecular weight is 506 g/mol. The highest BCUT2D eigenvalue weighted by molar-refractivity contribution is 7.99. The summed E-state index contributed by atoms with van der Waals surface area (Å²) in [5, 5.41) is 2.37. The third kappa shape index (κ3) is 5.10. The van der Waals surface area contributed by atoms with Crippen molar-refractivity contribution in [1.29, 1.82) is 0 Å². The van der Waals surface area contributed by atoms with Crippen LogP contribution < -0.4 is 5.32 Å². The molecule has 0 aliphatic heterocycles. The second kappa shape index (κ2) is 10.0. The lowest BCUT2D eigenvalue weighted by molar-refractivity contribution is -0.175. The van der Waals surface area contributed by atoms with Gasteiger partial charge in [0.2, 0.25) is 5.91 Å². The molecule has 0 saturated heterocycles. The van der Waals surface area contributed by atoms with Crippen molar-refractivity contribution in [3.8, 4) is 0 Å². The number of hydrogen-bond donors (Lipinski definition) is 1. The molecular formula is C30H35NO4S. The number of thioether (sulfide) groups is 1. The van der Waals surface area contributed by atoms with Crippen LogP contribution >= 0.6 is 11.8 Å². The standard InChI is InChI=1S/C30H35NO4S/c1-20-8-9-24(12-21(20)2)29-14-22-13-23(15-29)17-30(16-22,19-29)28(34)35-18-27(33)31-26(32)10-11-36-25-6-4-3-5-7-25/h3-9,12,22-23H,10-11,13-19H2,1-2H3,(H,31,32,33)/t22-,23+,29?,30?. The average Bonchev–Trinajstić information content (AvgIpc) is 2.84. The van der Waals surface area contributed by atoms with E-state index in [0.29, 0.717) is 17.6 Å². The van der Waals surface area contributed by atoms with E-state index >= 15 is 0 Å². The molecule has 36 heavy (non-hydrogen) atoms. The summed E-state index contributed by atoms with van der Waals surface area (Å²) in [6.07, 6.45) is 6.20. The molecule has 4 aliphatic rings. The molecule has 2 unspecified atom stereocenters. The maximum absolute atomic E-state index is 13.4. The van der Waals surface area contributed by atoms with Crippen LogP contribution in [0.25, 0.3) is 0 Å². The van der Waals surface area contributed by atoms with E-state index in [1.54, 1.807) is 11.8 Å². The van der Waals surface area contributed by atoms with Crippen LogP contribution in [-0.4, -0.2) is 30.1 Å². The van der Waals surface area contributed by atoms with Crippen LogP contribution in [0.15, 0.2) is 53.4 Å². The van der Waals surface area contributed by atoms with E-state index in [4.69, 9.17) is 4.74 Å². The number of carbonyl (C=O) groups excluding carboxylic acids is 3. The summed E-state index contributed by atoms with van der Waals surface area (Å²) in [6, 6.07) is 16.6. The quantitative estimate of drug-likeness (QED) is 0.378. The zero-order chi connectivity index (χ0) is 25.3. The van der Waals surface area contributed by atoms with E-state index < -0.39 is 17.9 Å². The molecule has 0 heterocycles. The fraction of sp³-hybridized carbons (Fsp3) is 0.500. The Balaban J connectivity index is 1.17. The van der Waals surface area contributed by atoms with Crippen molar-refractivity contribution in [3.63, 3.8) is 0 Å². The Morgan fingerprint density at radius 2 is 1.67 bits per heavy atom. The number of hydrogen-bond acceptors (Lipinski definition) is 5. The molecule has 2 aromatic carbocycles. The number of rotatable bonds is 8. The molecule has 4 saturated carbocycles. The van der Waals surface area contributed by atoms with E-state index in [0.717, 1.165) is 37.0 Å². The monoisotopic (exact) mass is 505 g/mol. The number of imide groups is 1. The van der Waals surface area contributed by atoms with Gasteiger partial charge in [-0.2, -0.15) is 0 Å². The first-order chi connectivity index (χ1) is 17.3. The van der Waals surface area contributed by atoms with Gasteiger partial charge in [-0.3, -0.25) is 19.7 Å². The number of aryl methyl sites for hydroxylation is 2. The van der Waals surface area contributed by atoms with Gasteiger partial charge < -0.3 is 4.74 Å². The third-order valence-electron chi connectivity index (χ3n) is 8.57. The molecule has 4 aliphatic carbocycles. The van der Waals surface area contributed by atoms with Gasteiger partial charge in [-0.05, 0) is 98.4 Å². The number of nitrogens with one attached hydrogen (secondary N) is 1. The van der Waals surface area contributed by atoms with Gasteiger partial charge in [0.25, 0.3) is 5.91 Å². The lowest BCUT2D eigenvalue weighted by Gasteiger charge is -2.61. The number of amides is 2. The molecule has 2 amide bonds. The highest BCUT2D eigenvalue weighted by atomic mass is 32.2. The Kier molecular flexibility index (Phi) is 6.99. The van der Waals surface area contributed by atoms with Crippen molar-refractivity contribution >= 4 is 29.5 Å². The molecule has 6 rings (SSSR count). The maximum Gasteiger partial charge on any atom is 0.312 e. The van der Waals surface area contributed by atoms with Gasteiger partial charge in [0.05, 0.1) is 5.41 Å². The SMILES string of the molecule is Cc1ccc(C23C[C@@H]4C[C@@H](CC(C(=O)OCC(=O)NC(=O)CCSc5ccccc5)(C4)C2)C3)cc1C. The highest BCUT2D eigenvalue weighted by Crippen LogP contribution is 2.66. The fourth-order valence-electron chi connectivity index (χ4n) is 7.23. The number of benzene rings is 2. The zero-order valence-electron chi connectivity index (χ0n) is 21.2. The Morgan fingerprint density at radius 3 is 2.36 bits per heavy atom. The Bertz CT molecular complexity index is 1150. The van der Waals surface area contributed by atoms with Gasteiger partial charge in [0, 0.05) is 17.1 Å². The van der Waals surface area contributed by atoms with Crippen LogP contribution in [-0.2, 0) is 24.5 Å². The molecule has 190 valence electrons. The Morgan fingerprint density at radius 1 is 0.944 bits per heavy atom. The predicted octanol–water partition coefficient (Wildman–Crippen LogP) is 5.51. The molecule has 0 spiro atoms. The molecule has 0 aromatic heterocycles. The molecule has 0 radical (unpaired) electrons. The van der Waals surface area contributed by atoms with E-state index in [1.165, 1.54) is 23.1 Å². The van der Waals surface area contributed by atoms with E-state index in [1.807, 2.05) is 30.3 Å². The van der Waals surface area contributed by atoms with Crippen LogP contribution in [0.5, 0.6) is 0 Å². The van der Waals surface area contributed by atoms with Crippen LogP contribution in [0.4, 0.5) is 0 Å². The van der Waals surface area contributed by atoms with Gasteiger partial charge in [-0.15, -0.1) is 11.8 Å². The smallest absolute Gasteiger partial charge is 0.312 e. The van der Waals surface area contributed by atoms with E-state index in [2.05, 4.69) is 37.4 Å². The maximum atomic E-state index is 13.4. The molecule has 1 N–H and O–H groups in total. The van der Waals surface area contributed by atoms with Gasteiger partial charge in [0.1, 0.15) is 0 Å². The summed E-state index contributed by atoms with van der Waals surface area (Å²) in [5.41, 5.74) is 3.45. The van der Waals surface area contributed by atoms with E-state index in [-0.39, 0.29) is 23.7 Å². The first-order valence-electron chi connectivity index (χ1n) is 13.0. The van der Waals surface area contributed by atoms with Gasteiger partial charge in [0.15, 0.2) is 6.61 Å². The molecule has 4 fully saturated rings. The second-order valence-electron chi connectivity index (χ2n) is 11.3. The van der Waals surface area contributed by atoms with Gasteiger partial charge >= 0.3 is 5.97 Å². The molecular weight excluding hydrogens is 470 g/mol. The van der Waals surface area contributed by atoms with Gasteiger partial charge in [-0.1, -0.05) is 36.4 Å². The summed E-state index contributed by atoms with van der Waals surface area (Å²) in [4.78, 5) is 39.0. The van der Waals surface area contributed by atoms with Gasteiger partial charge in [-0.25, -0.2) is 0 Å². The fourth-order valence-corrected chi connectivity index (χ4v) is 8.10. The van der Waals surface area contributed by atoms with E-state index in [9.17, 15) is 14.4 Å². The first kappa shape index (κ1) is 25.1. The number of carbonyl (C=O) groups is 3. The van der Waals surface area contributed by atoms with Crippen LogP contribution in [0.1, 0.15) is 61.6 Å². The summed E-state index contributed by atoms with van der Waals surface area (Å²) in [7, 11) is 0. The van der Waals surface area contributed by atoms with Crippen molar-refractivity contribution in [2.24, 2.45) is 17.3 Å². The second-order valence-corrected chi connectivity index (χ2v) is 12.4. The van der Waals surface area contributed by atoms with Crippen molar-refractivity contribution < 1.29 is 19.1 Å². The molecule has 2 aromatic rings. The lowest BCUT2D eigenvalue weighted by Crippen LogP contribution is -2.57. The lowest BCUT2D eigenvalue weighted by atomic mass is 9.43. The normalized spacial score (nSPS) is 28.1. The largest absolute Gasteiger partial charge is 0.455 e. The molecule has 6 heteroatoms. The minimum Gasteiger partial charge on any atom is -0.455 e. The minimum absolute atomic E-state index is 0.0240. The van der Waals surface area contributed by atoms with Crippen molar-refractivity contribution in [2.75, 3.05) is 12.4 Å². The summed E-state index contributed by atoms with van der Waals surface area (Å²) >= 11 is 1.57. The molecule has 5 nitrogen and oxygen atoms in total. The Labute approximate surface area is 217 Å². The predicted molar refractivity (Wildman–Crippen MR) is 141 cm³/mol. The summed E-state index contributed by atoms with van der Waals surface area (Å²) < 4.78 is 5.58. The first-order valence-corrected chi connectivity index (χ1v) is 14.0. The van der Waals surface area contributed by atoms with Crippen LogP contribution in [0.3, 0.4) is 0 Å². The number of ether oxygens (including phenoxy) is 1. The van der Waals surface area contributed by atoms with Crippen LogP contribution in [0, 0.1) is 31.1 Å². The summed E-state index contributed by atoms with van der Waals surface area (Å²) in [5.74, 6) is 0.479. The topological polar surface area (TPSA) is 72.5 Å². The zero-order valence-corrected chi connectivity index (χ0v) is 22.0.